The number of hydrogen-bond donors (Lipinski definition) is 1. The van der Waals surface area contributed by atoms with Crippen molar-refractivity contribution in [1.82, 2.24) is 15.0 Å². The second kappa shape index (κ2) is 7.62. The van der Waals surface area contributed by atoms with Crippen LogP contribution < -0.4 is 5.32 Å². The van der Waals surface area contributed by atoms with Crippen molar-refractivity contribution >= 4 is 55.7 Å². The number of hydrogen-bond acceptors (Lipinski definition) is 7. The number of thiazole rings is 1. The zero-order valence-corrected chi connectivity index (χ0v) is 18.2. The van der Waals surface area contributed by atoms with E-state index in [0.29, 0.717) is 10.9 Å². The monoisotopic (exact) mass is 406 g/mol. The standard InChI is InChI=1S/C18H22N4OS3/c1-8(2)15-21-16(14-9(3)11(5)25-17(14)22-15)24-7-13(23)20-18-19-10(4)12(6)26-18/h8H,7H2,1-6H3,(H,19,20,23). The second-order valence-electron chi connectivity index (χ2n) is 6.50. The van der Waals surface area contributed by atoms with Gasteiger partial charge in [0.2, 0.25) is 5.91 Å². The topological polar surface area (TPSA) is 67.8 Å². The number of aromatic nitrogens is 3. The van der Waals surface area contributed by atoms with Gasteiger partial charge in [-0.3, -0.25) is 4.79 Å². The Morgan fingerprint density at radius 3 is 2.42 bits per heavy atom. The van der Waals surface area contributed by atoms with Crippen molar-refractivity contribution < 1.29 is 4.79 Å². The molecule has 3 aromatic rings. The first-order valence-electron chi connectivity index (χ1n) is 8.40. The fourth-order valence-electron chi connectivity index (χ4n) is 2.41. The number of anilines is 1. The van der Waals surface area contributed by atoms with Crippen LogP contribution in [0.15, 0.2) is 5.03 Å². The second-order valence-corrected chi connectivity index (χ2v) is 9.87. The summed E-state index contributed by atoms with van der Waals surface area (Å²) in [5.41, 5.74) is 2.16. The molecule has 1 amide bonds. The first kappa shape index (κ1) is 19.3. The highest BCUT2D eigenvalue weighted by molar-refractivity contribution is 8.00. The molecule has 0 saturated heterocycles. The lowest BCUT2D eigenvalue weighted by Crippen LogP contribution is -2.14. The molecule has 0 bridgehead atoms. The summed E-state index contributed by atoms with van der Waals surface area (Å²) in [7, 11) is 0. The Labute approximate surface area is 165 Å². The van der Waals surface area contributed by atoms with Gasteiger partial charge in [-0.1, -0.05) is 25.6 Å². The van der Waals surface area contributed by atoms with Gasteiger partial charge < -0.3 is 5.32 Å². The van der Waals surface area contributed by atoms with Gasteiger partial charge in [-0.15, -0.1) is 22.7 Å². The van der Waals surface area contributed by atoms with Crippen molar-refractivity contribution in [2.24, 2.45) is 0 Å². The van der Waals surface area contributed by atoms with Gasteiger partial charge in [0, 0.05) is 21.1 Å². The Morgan fingerprint density at radius 2 is 1.81 bits per heavy atom. The summed E-state index contributed by atoms with van der Waals surface area (Å²) in [4.78, 5) is 29.5. The molecule has 3 heterocycles. The number of carbonyl (C=O) groups excluding carboxylic acids is 1. The largest absolute Gasteiger partial charge is 0.301 e. The predicted molar refractivity (Wildman–Crippen MR) is 112 cm³/mol. The SMILES string of the molecule is Cc1nc(NC(=O)CSc2nc(C(C)C)nc3sc(C)c(C)c23)sc1C. The first-order chi connectivity index (χ1) is 12.3. The highest BCUT2D eigenvalue weighted by Crippen LogP contribution is 2.36. The highest BCUT2D eigenvalue weighted by Gasteiger charge is 2.17. The molecule has 0 fully saturated rings. The normalized spacial score (nSPS) is 11.5. The number of aryl methyl sites for hydroxylation is 4. The van der Waals surface area contributed by atoms with Gasteiger partial charge in [0.1, 0.15) is 15.7 Å². The van der Waals surface area contributed by atoms with Crippen molar-refractivity contribution in [3.63, 3.8) is 0 Å². The van der Waals surface area contributed by atoms with Gasteiger partial charge in [0.25, 0.3) is 0 Å². The Hall–Kier alpha value is -1.51. The van der Waals surface area contributed by atoms with Crippen molar-refractivity contribution in [2.45, 2.75) is 52.5 Å². The average Bonchev–Trinajstić information content (AvgIpc) is 3.04. The Morgan fingerprint density at radius 1 is 1.08 bits per heavy atom. The van der Waals surface area contributed by atoms with E-state index in [0.717, 1.165) is 31.6 Å². The molecule has 0 radical (unpaired) electrons. The quantitative estimate of drug-likeness (QED) is 0.464. The summed E-state index contributed by atoms with van der Waals surface area (Å²) in [5.74, 6) is 1.31. The minimum Gasteiger partial charge on any atom is -0.301 e. The molecule has 0 spiro atoms. The zero-order valence-electron chi connectivity index (χ0n) is 15.8. The summed E-state index contributed by atoms with van der Waals surface area (Å²) < 4.78 is 0. The molecule has 5 nitrogen and oxygen atoms in total. The lowest BCUT2D eigenvalue weighted by atomic mass is 10.2. The molecule has 0 unspecified atom stereocenters. The molecule has 0 aliphatic heterocycles. The number of carbonyl (C=O) groups is 1. The zero-order chi connectivity index (χ0) is 19.0. The van der Waals surface area contributed by atoms with Gasteiger partial charge in [-0.2, -0.15) is 0 Å². The third kappa shape index (κ3) is 3.92. The smallest absolute Gasteiger partial charge is 0.236 e. The van der Waals surface area contributed by atoms with Crippen LogP contribution in [0, 0.1) is 27.7 Å². The van der Waals surface area contributed by atoms with Crippen LogP contribution >= 0.6 is 34.4 Å². The summed E-state index contributed by atoms with van der Waals surface area (Å²) >= 11 is 4.66. The van der Waals surface area contributed by atoms with E-state index in [1.165, 1.54) is 33.5 Å². The lowest BCUT2D eigenvalue weighted by molar-refractivity contribution is -0.113. The van der Waals surface area contributed by atoms with Crippen LogP contribution in [-0.2, 0) is 4.79 Å². The average molecular weight is 407 g/mol. The van der Waals surface area contributed by atoms with Crippen LogP contribution in [0.4, 0.5) is 5.13 Å². The molecule has 0 aliphatic carbocycles. The van der Waals surface area contributed by atoms with Gasteiger partial charge >= 0.3 is 0 Å². The summed E-state index contributed by atoms with van der Waals surface area (Å²) in [6.45, 7) is 12.3. The van der Waals surface area contributed by atoms with Gasteiger partial charge in [-0.05, 0) is 33.3 Å². The Bertz CT molecular complexity index is 955. The van der Waals surface area contributed by atoms with E-state index in [1.807, 2.05) is 13.8 Å². The van der Waals surface area contributed by atoms with Crippen molar-refractivity contribution in [1.29, 1.82) is 0 Å². The van der Waals surface area contributed by atoms with Crippen molar-refractivity contribution in [3.05, 3.63) is 26.8 Å². The van der Waals surface area contributed by atoms with Crippen LogP contribution in [-0.4, -0.2) is 26.6 Å². The molecular weight excluding hydrogens is 384 g/mol. The van der Waals surface area contributed by atoms with Crippen LogP contribution in [0.25, 0.3) is 10.2 Å². The summed E-state index contributed by atoms with van der Waals surface area (Å²) in [5, 5.41) is 5.51. The predicted octanol–water partition coefficient (Wildman–Crippen LogP) is 5.24. The maximum Gasteiger partial charge on any atom is 0.236 e. The maximum absolute atomic E-state index is 12.3. The molecule has 3 aromatic heterocycles. The van der Waals surface area contributed by atoms with Gasteiger partial charge in [0.15, 0.2) is 5.13 Å². The minimum absolute atomic E-state index is 0.0637. The van der Waals surface area contributed by atoms with E-state index >= 15 is 0 Å². The van der Waals surface area contributed by atoms with E-state index in [-0.39, 0.29) is 11.8 Å². The molecule has 138 valence electrons. The number of thioether (sulfide) groups is 1. The van der Waals surface area contributed by atoms with Gasteiger partial charge in [0.05, 0.1) is 11.4 Å². The third-order valence-electron chi connectivity index (χ3n) is 4.14. The van der Waals surface area contributed by atoms with Crippen LogP contribution in [0.2, 0.25) is 0 Å². The fraction of sp³-hybridized carbons (Fsp3) is 0.444. The number of nitrogens with zero attached hydrogens (tertiary/aromatic N) is 3. The van der Waals surface area contributed by atoms with E-state index < -0.39 is 0 Å². The fourth-order valence-corrected chi connectivity index (χ4v) is 5.23. The molecule has 8 heteroatoms. The molecule has 0 aliphatic rings. The number of fused-ring (bicyclic) bond motifs is 1. The minimum atomic E-state index is -0.0637. The molecule has 26 heavy (non-hydrogen) atoms. The lowest BCUT2D eigenvalue weighted by Gasteiger charge is -2.08. The molecular formula is C18H22N4OS3. The highest BCUT2D eigenvalue weighted by atomic mass is 32.2. The number of nitrogens with one attached hydrogen (secondary N) is 1. The first-order valence-corrected chi connectivity index (χ1v) is 11.0. The maximum atomic E-state index is 12.3. The van der Waals surface area contributed by atoms with E-state index in [9.17, 15) is 4.79 Å². The van der Waals surface area contributed by atoms with Crippen molar-refractivity contribution in [3.8, 4) is 0 Å². The number of amides is 1. The number of rotatable bonds is 5. The van der Waals surface area contributed by atoms with E-state index in [4.69, 9.17) is 9.97 Å². The van der Waals surface area contributed by atoms with E-state index in [1.54, 1.807) is 11.3 Å². The Balaban J connectivity index is 1.82. The van der Waals surface area contributed by atoms with E-state index in [2.05, 4.69) is 38.0 Å². The molecule has 0 saturated carbocycles. The van der Waals surface area contributed by atoms with Crippen LogP contribution in [0.5, 0.6) is 0 Å². The Kier molecular flexibility index (Phi) is 5.64. The van der Waals surface area contributed by atoms with Crippen LogP contribution in [0.3, 0.4) is 0 Å². The summed E-state index contributed by atoms with van der Waals surface area (Å²) in [6, 6.07) is 0. The molecule has 0 aromatic carbocycles. The van der Waals surface area contributed by atoms with Gasteiger partial charge in [-0.25, -0.2) is 15.0 Å². The molecule has 1 N–H and O–H groups in total. The number of thiophene rings is 1. The molecule has 3 rings (SSSR count). The summed E-state index contributed by atoms with van der Waals surface area (Å²) in [6.07, 6.45) is 0. The van der Waals surface area contributed by atoms with Crippen LogP contribution in [0.1, 0.15) is 46.6 Å². The third-order valence-corrected chi connectivity index (χ3v) is 7.21. The molecule has 0 atom stereocenters. The van der Waals surface area contributed by atoms with Crippen molar-refractivity contribution in [2.75, 3.05) is 11.1 Å².